The molecule has 2 aliphatic rings. The Kier molecular flexibility index (Phi) is 11.2. The average Bonchev–Trinajstić information content (AvgIpc) is 3.70. The number of nitrogens with one attached hydrogen (secondary N) is 1. The summed E-state index contributed by atoms with van der Waals surface area (Å²) in [5, 5.41) is 3.01. The Morgan fingerprint density at radius 2 is 1.51 bits per heavy atom. The fourth-order valence-corrected chi connectivity index (χ4v) is 7.22. The van der Waals surface area contributed by atoms with Gasteiger partial charge in [0.25, 0.3) is 5.91 Å². The summed E-state index contributed by atoms with van der Waals surface area (Å²) in [5.41, 5.74) is 8.40. The Morgan fingerprint density at radius 3 is 2.12 bits per heavy atom. The Hall–Kier alpha value is -6.60. The predicted octanol–water partition coefficient (Wildman–Crippen LogP) is 6.32. The zero-order chi connectivity index (χ0) is 39.1. The third-order valence-corrected chi connectivity index (χ3v) is 10.3. The lowest BCUT2D eigenvalue weighted by molar-refractivity contribution is 0.0950. The number of anilines is 4. The average molecular weight is 764 g/mol. The molecular formula is C44H45N9O4. The highest BCUT2D eigenvalue weighted by Gasteiger charge is 2.30. The Morgan fingerprint density at radius 1 is 0.825 bits per heavy atom. The number of nitrogens with zero attached hydrogens (tertiary/aromatic N) is 8. The lowest BCUT2D eigenvalue weighted by atomic mass is 10.1. The second-order valence-electron chi connectivity index (χ2n) is 14.0. The molecule has 1 saturated heterocycles. The van der Waals surface area contributed by atoms with Crippen LogP contribution in [0.15, 0.2) is 104 Å². The zero-order valence-corrected chi connectivity index (χ0v) is 32.4. The number of hydrogen-bond donors (Lipinski definition) is 1. The molecule has 1 amide bonds. The fraction of sp³-hybridized carbons (Fsp3) is 0.273. The quantitative estimate of drug-likeness (QED) is 0.141. The first-order valence-corrected chi connectivity index (χ1v) is 19.1. The number of carbonyl (C=O) groups excluding carboxylic acids is 1. The van der Waals surface area contributed by atoms with Gasteiger partial charge >= 0.3 is 0 Å². The predicted molar refractivity (Wildman–Crippen MR) is 219 cm³/mol. The Balaban J connectivity index is 1.09. The number of methoxy groups -OCH3 is 2. The maximum atomic E-state index is 13.1. The molecule has 0 bridgehead atoms. The summed E-state index contributed by atoms with van der Waals surface area (Å²) < 4.78 is 16.5. The van der Waals surface area contributed by atoms with Crippen LogP contribution < -0.4 is 29.5 Å². The van der Waals surface area contributed by atoms with Gasteiger partial charge in [-0.3, -0.25) is 9.78 Å². The minimum atomic E-state index is -0.135. The molecule has 290 valence electrons. The number of ether oxygens (including phenoxy) is 3. The van der Waals surface area contributed by atoms with Gasteiger partial charge in [-0.05, 0) is 84.1 Å². The SMILES string of the molecule is COc1ccc(CN(Cc2ccc(OC)cc2)c2ncc(-c3nc(N4CCOCC4)nc4c3CCN4c3ccc(C(=O)NCc4cccnc4)cc3C)cn2)cc1. The Labute approximate surface area is 332 Å². The summed E-state index contributed by atoms with van der Waals surface area (Å²) in [4.78, 5) is 44.1. The van der Waals surface area contributed by atoms with E-state index in [0.717, 1.165) is 68.5 Å². The maximum absolute atomic E-state index is 13.1. The summed E-state index contributed by atoms with van der Waals surface area (Å²) >= 11 is 0. The topological polar surface area (TPSA) is 131 Å². The van der Waals surface area contributed by atoms with Crippen molar-refractivity contribution in [3.8, 4) is 22.8 Å². The molecule has 0 aliphatic carbocycles. The molecule has 2 aliphatic heterocycles. The summed E-state index contributed by atoms with van der Waals surface area (Å²) in [6, 6.07) is 25.7. The van der Waals surface area contributed by atoms with Crippen molar-refractivity contribution in [3.05, 3.63) is 137 Å². The lowest BCUT2D eigenvalue weighted by Crippen LogP contribution is -2.37. The number of rotatable bonds is 13. The van der Waals surface area contributed by atoms with Gasteiger partial charge in [0.2, 0.25) is 11.9 Å². The Bertz CT molecular complexity index is 2250. The normalized spacial score (nSPS) is 13.6. The largest absolute Gasteiger partial charge is 0.497 e. The van der Waals surface area contributed by atoms with Crippen molar-refractivity contribution < 1.29 is 19.0 Å². The van der Waals surface area contributed by atoms with Crippen LogP contribution >= 0.6 is 0 Å². The van der Waals surface area contributed by atoms with Gasteiger partial charge in [-0.1, -0.05) is 30.3 Å². The van der Waals surface area contributed by atoms with Crippen LogP contribution in [0, 0.1) is 6.92 Å². The third-order valence-electron chi connectivity index (χ3n) is 10.3. The van der Waals surface area contributed by atoms with E-state index >= 15 is 0 Å². The number of amides is 1. The highest BCUT2D eigenvalue weighted by Crippen LogP contribution is 2.40. The second kappa shape index (κ2) is 17.0. The number of aryl methyl sites for hydroxylation is 1. The highest BCUT2D eigenvalue weighted by atomic mass is 16.5. The van der Waals surface area contributed by atoms with Crippen LogP contribution in [0.5, 0.6) is 11.5 Å². The number of hydrogen-bond acceptors (Lipinski definition) is 12. The molecule has 3 aromatic carbocycles. The van der Waals surface area contributed by atoms with E-state index in [0.29, 0.717) is 69.9 Å². The maximum Gasteiger partial charge on any atom is 0.251 e. The van der Waals surface area contributed by atoms with Gasteiger partial charge in [-0.2, -0.15) is 4.98 Å². The molecule has 0 atom stereocenters. The number of fused-ring (bicyclic) bond motifs is 1. The van der Waals surface area contributed by atoms with Gasteiger partial charge in [0.15, 0.2) is 0 Å². The second-order valence-corrected chi connectivity index (χ2v) is 14.0. The molecule has 13 nitrogen and oxygen atoms in total. The molecule has 8 rings (SSSR count). The first-order chi connectivity index (χ1) is 27.9. The summed E-state index contributed by atoms with van der Waals surface area (Å²) in [6.45, 7) is 6.96. The van der Waals surface area contributed by atoms with Crippen LogP contribution in [0.3, 0.4) is 0 Å². The lowest BCUT2D eigenvalue weighted by Gasteiger charge is -2.29. The highest BCUT2D eigenvalue weighted by molar-refractivity contribution is 5.95. The molecule has 0 saturated carbocycles. The molecule has 57 heavy (non-hydrogen) atoms. The molecule has 5 heterocycles. The molecule has 0 radical (unpaired) electrons. The molecule has 1 fully saturated rings. The van der Waals surface area contributed by atoms with Crippen molar-refractivity contribution in [3.63, 3.8) is 0 Å². The summed E-state index contributed by atoms with van der Waals surface area (Å²) in [6.07, 6.45) is 7.95. The van der Waals surface area contributed by atoms with E-state index in [4.69, 9.17) is 34.1 Å². The zero-order valence-electron chi connectivity index (χ0n) is 32.4. The molecule has 6 aromatic rings. The van der Waals surface area contributed by atoms with Gasteiger partial charge in [0, 0.05) is 86.4 Å². The van der Waals surface area contributed by atoms with E-state index in [1.165, 1.54) is 0 Å². The van der Waals surface area contributed by atoms with Gasteiger partial charge < -0.3 is 34.2 Å². The van der Waals surface area contributed by atoms with E-state index in [1.54, 1.807) is 26.6 Å². The van der Waals surface area contributed by atoms with Gasteiger partial charge in [0.1, 0.15) is 17.3 Å². The van der Waals surface area contributed by atoms with E-state index in [9.17, 15) is 4.79 Å². The van der Waals surface area contributed by atoms with Crippen molar-refractivity contribution in [1.82, 2.24) is 30.2 Å². The van der Waals surface area contributed by atoms with E-state index in [-0.39, 0.29) is 5.91 Å². The summed E-state index contributed by atoms with van der Waals surface area (Å²) in [5.74, 6) is 3.58. The van der Waals surface area contributed by atoms with Crippen molar-refractivity contribution in [2.24, 2.45) is 0 Å². The number of carbonyl (C=O) groups is 1. The molecule has 0 spiro atoms. The van der Waals surface area contributed by atoms with E-state index < -0.39 is 0 Å². The molecular weight excluding hydrogens is 719 g/mol. The van der Waals surface area contributed by atoms with Crippen molar-refractivity contribution in [1.29, 1.82) is 0 Å². The first-order valence-electron chi connectivity index (χ1n) is 19.1. The fourth-order valence-electron chi connectivity index (χ4n) is 7.22. The smallest absolute Gasteiger partial charge is 0.251 e. The van der Waals surface area contributed by atoms with Crippen LogP contribution in [0.25, 0.3) is 11.3 Å². The molecule has 0 unspecified atom stereocenters. The van der Waals surface area contributed by atoms with E-state index in [1.807, 2.05) is 73.9 Å². The van der Waals surface area contributed by atoms with Crippen LogP contribution in [-0.4, -0.2) is 77.9 Å². The standard InChI is InChI=1S/C44H45N9O4/c1-30-23-34(42(54)46-25-33-5-4-17-45-24-33)10-15-39(30)53-18-16-38-40(49-44(50-41(38)53)51-19-21-57-22-20-51)35-26-47-43(48-27-35)52(28-31-6-11-36(55-2)12-7-31)29-32-8-13-37(56-3)14-9-32/h4-15,17,23-24,26-27H,16,18-22,25,28-29H2,1-3H3,(H,46,54). The minimum absolute atomic E-state index is 0.135. The van der Waals surface area contributed by atoms with Crippen LogP contribution in [-0.2, 0) is 30.8 Å². The monoisotopic (exact) mass is 763 g/mol. The van der Waals surface area contributed by atoms with Crippen molar-refractivity contribution in [2.45, 2.75) is 33.0 Å². The molecule has 13 heteroatoms. The van der Waals surface area contributed by atoms with Gasteiger partial charge in [-0.15, -0.1) is 0 Å². The number of aromatic nitrogens is 5. The third kappa shape index (κ3) is 8.48. The van der Waals surface area contributed by atoms with Crippen molar-refractivity contribution in [2.75, 3.05) is 61.8 Å². The molecule has 3 aromatic heterocycles. The minimum Gasteiger partial charge on any atom is -0.497 e. The van der Waals surface area contributed by atoms with Gasteiger partial charge in [0.05, 0.1) is 33.1 Å². The molecule has 1 N–H and O–H groups in total. The number of benzene rings is 3. The van der Waals surface area contributed by atoms with Gasteiger partial charge in [-0.25, -0.2) is 15.0 Å². The van der Waals surface area contributed by atoms with Crippen LogP contribution in [0.2, 0.25) is 0 Å². The van der Waals surface area contributed by atoms with Crippen LogP contribution in [0.1, 0.15) is 38.2 Å². The summed E-state index contributed by atoms with van der Waals surface area (Å²) in [7, 11) is 3.34. The van der Waals surface area contributed by atoms with Crippen LogP contribution in [0.4, 0.5) is 23.4 Å². The number of pyridine rings is 1. The number of morpholine rings is 1. The van der Waals surface area contributed by atoms with Crippen molar-refractivity contribution >= 4 is 29.3 Å². The van der Waals surface area contributed by atoms with E-state index in [2.05, 4.69) is 49.3 Å². The first kappa shape index (κ1) is 37.3.